The summed E-state index contributed by atoms with van der Waals surface area (Å²) in [5, 5.41) is 4.21. The van der Waals surface area contributed by atoms with Crippen molar-refractivity contribution in [1.29, 1.82) is 0 Å². The van der Waals surface area contributed by atoms with Gasteiger partial charge in [-0.3, -0.25) is 10.4 Å². The predicted octanol–water partition coefficient (Wildman–Crippen LogP) is 4.34. The molecule has 0 saturated heterocycles. The van der Waals surface area contributed by atoms with Gasteiger partial charge in [-0.1, -0.05) is 18.2 Å². The van der Waals surface area contributed by atoms with E-state index < -0.39 is 0 Å². The fourth-order valence-corrected chi connectivity index (χ4v) is 3.37. The van der Waals surface area contributed by atoms with E-state index in [2.05, 4.69) is 25.5 Å². The van der Waals surface area contributed by atoms with Gasteiger partial charge in [0.25, 0.3) is 0 Å². The van der Waals surface area contributed by atoms with E-state index in [9.17, 15) is 4.39 Å². The van der Waals surface area contributed by atoms with Gasteiger partial charge >= 0.3 is 0 Å². The van der Waals surface area contributed by atoms with E-state index in [0.29, 0.717) is 5.82 Å². The van der Waals surface area contributed by atoms with Crippen molar-refractivity contribution < 1.29 is 4.39 Å². The van der Waals surface area contributed by atoms with Crippen LogP contribution in [0.1, 0.15) is 5.56 Å². The molecule has 0 aliphatic carbocycles. The molecular formula is C18H12FN5S. The second-order valence-corrected chi connectivity index (χ2v) is 6.26. The Hall–Kier alpha value is -3.19. The molecule has 0 amide bonds. The Labute approximate surface area is 146 Å². The number of pyridine rings is 1. The Morgan fingerprint density at radius 3 is 2.80 bits per heavy atom. The maximum atomic E-state index is 13.1. The second kappa shape index (κ2) is 6.74. The number of hydrogen-bond acceptors (Lipinski definition) is 6. The molecule has 0 unspecified atom stereocenters. The molecule has 0 fully saturated rings. The lowest BCUT2D eigenvalue weighted by atomic mass is 10.2. The molecule has 0 bridgehead atoms. The van der Waals surface area contributed by atoms with E-state index in [4.69, 9.17) is 0 Å². The van der Waals surface area contributed by atoms with E-state index in [0.717, 1.165) is 26.2 Å². The summed E-state index contributed by atoms with van der Waals surface area (Å²) in [6, 6.07) is 12.1. The molecule has 1 aromatic carbocycles. The number of nitrogens with one attached hydrogen (secondary N) is 1. The van der Waals surface area contributed by atoms with Crippen LogP contribution in [-0.4, -0.2) is 21.2 Å². The molecule has 0 aliphatic rings. The number of hydrogen-bond donors (Lipinski definition) is 1. The summed E-state index contributed by atoms with van der Waals surface area (Å²) in [6.45, 7) is 0. The number of nitrogens with zero attached hydrogens (tertiary/aromatic N) is 4. The molecule has 3 aromatic heterocycles. The Morgan fingerprint density at radius 1 is 1.12 bits per heavy atom. The first-order valence-electron chi connectivity index (χ1n) is 7.49. The van der Waals surface area contributed by atoms with Crippen molar-refractivity contribution in [3.63, 3.8) is 0 Å². The average Bonchev–Trinajstić information content (AvgIpc) is 3.08. The summed E-state index contributed by atoms with van der Waals surface area (Å²) in [4.78, 5) is 13.6. The third-order valence-electron chi connectivity index (χ3n) is 3.51. The third kappa shape index (κ3) is 3.36. The highest BCUT2D eigenvalue weighted by Gasteiger charge is 2.10. The zero-order chi connectivity index (χ0) is 17.1. The van der Waals surface area contributed by atoms with Crippen LogP contribution in [0.2, 0.25) is 0 Å². The molecule has 0 aliphatic heterocycles. The number of fused-ring (bicyclic) bond motifs is 1. The minimum absolute atomic E-state index is 0.253. The predicted molar refractivity (Wildman–Crippen MR) is 98.3 cm³/mol. The van der Waals surface area contributed by atoms with Gasteiger partial charge in [-0.15, -0.1) is 11.3 Å². The van der Waals surface area contributed by atoms with E-state index in [1.807, 2.05) is 18.2 Å². The topological polar surface area (TPSA) is 63.1 Å². The van der Waals surface area contributed by atoms with Gasteiger partial charge in [0.2, 0.25) is 0 Å². The molecule has 1 N–H and O–H groups in total. The lowest BCUT2D eigenvalue weighted by molar-refractivity contribution is 0.628. The minimum atomic E-state index is -0.253. The summed E-state index contributed by atoms with van der Waals surface area (Å²) in [5.41, 5.74) is 5.60. The van der Waals surface area contributed by atoms with Gasteiger partial charge in [0.05, 0.1) is 16.4 Å². The summed E-state index contributed by atoms with van der Waals surface area (Å²) < 4.78 is 14.0. The zero-order valence-corrected chi connectivity index (χ0v) is 13.7. The van der Waals surface area contributed by atoms with Gasteiger partial charge in [0, 0.05) is 22.8 Å². The van der Waals surface area contributed by atoms with Crippen LogP contribution in [0.25, 0.3) is 20.7 Å². The minimum Gasteiger partial charge on any atom is -0.264 e. The molecule has 5 nitrogen and oxygen atoms in total. The number of aromatic nitrogens is 3. The van der Waals surface area contributed by atoms with Crippen LogP contribution >= 0.6 is 11.3 Å². The van der Waals surface area contributed by atoms with E-state index in [1.165, 1.54) is 29.8 Å². The third-order valence-corrected chi connectivity index (χ3v) is 4.69. The Morgan fingerprint density at radius 2 is 2.00 bits per heavy atom. The fourth-order valence-electron chi connectivity index (χ4n) is 2.31. The van der Waals surface area contributed by atoms with Gasteiger partial charge in [-0.2, -0.15) is 5.10 Å². The summed E-state index contributed by atoms with van der Waals surface area (Å²) in [6.07, 6.45) is 6.60. The van der Waals surface area contributed by atoms with Crippen LogP contribution in [0, 0.1) is 5.82 Å². The lowest BCUT2D eigenvalue weighted by Gasteiger charge is -1.99. The number of anilines is 1. The number of thiophene rings is 1. The van der Waals surface area contributed by atoms with Crippen molar-refractivity contribution in [2.45, 2.75) is 0 Å². The summed E-state index contributed by atoms with van der Waals surface area (Å²) in [5.74, 6) is 0.375. The van der Waals surface area contributed by atoms with Gasteiger partial charge in [-0.05, 0) is 29.8 Å². The number of hydrazone groups is 1. The molecular weight excluding hydrogens is 337 g/mol. The zero-order valence-electron chi connectivity index (χ0n) is 12.9. The number of halogens is 1. The molecule has 25 heavy (non-hydrogen) atoms. The highest BCUT2D eigenvalue weighted by Crippen LogP contribution is 2.35. The van der Waals surface area contributed by atoms with Crippen LogP contribution < -0.4 is 5.43 Å². The molecule has 0 atom stereocenters. The molecule has 7 heteroatoms. The van der Waals surface area contributed by atoms with E-state index in [-0.39, 0.29) is 5.82 Å². The van der Waals surface area contributed by atoms with Gasteiger partial charge < -0.3 is 0 Å². The maximum Gasteiger partial charge on any atom is 0.167 e. The average molecular weight is 349 g/mol. The monoisotopic (exact) mass is 349 g/mol. The smallest absolute Gasteiger partial charge is 0.167 e. The van der Waals surface area contributed by atoms with Crippen molar-refractivity contribution >= 4 is 33.6 Å². The van der Waals surface area contributed by atoms with Gasteiger partial charge in [0.1, 0.15) is 12.1 Å². The molecule has 0 saturated carbocycles. The van der Waals surface area contributed by atoms with Crippen molar-refractivity contribution in [2.24, 2.45) is 5.10 Å². The molecule has 4 rings (SSSR count). The van der Waals surface area contributed by atoms with Crippen LogP contribution in [-0.2, 0) is 0 Å². The fraction of sp³-hybridized carbons (Fsp3) is 0. The highest BCUT2D eigenvalue weighted by atomic mass is 32.1. The SMILES string of the molecule is Fc1ccc(-c2cc3ncnc(N/N=C/c4cccnc4)c3s2)cc1. The standard InChI is InChI=1S/C18H12FN5S/c19-14-5-3-13(4-6-14)16-8-15-17(25-16)18(22-11-21-15)24-23-10-12-2-1-7-20-9-12/h1-11H,(H,21,22,24)/b23-10+. The Bertz CT molecular complexity index is 1030. The quantitative estimate of drug-likeness (QED) is 0.440. The van der Waals surface area contributed by atoms with Crippen molar-refractivity contribution in [3.8, 4) is 10.4 Å². The second-order valence-electron chi connectivity index (χ2n) is 5.21. The number of rotatable bonds is 4. The Kier molecular flexibility index (Phi) is 4.14. The van der Waals surface area contributed by atoms with E-state index >= 15 is 0 Å². The van der Waals surface area contributed by atoms with Crippen molar-refractivity contribution in [3.05, 3.63) is 72.6 Å². The summed E-state index contributed by atoms with van der Waals surface area (Å²) in [7, 11) is 0. The van der Waals surface area contributed by atoms with Crippen LogP contribution in [0.15, 0.2) is 66.3 Å². The van der Waals surface area contributed by atoms with Gasteiger partial charge in [-0.25, -0.2) is 14.4 Å². The molecule has 4 aromatic rings. The first kappa shape index (κ1) is 15.3. The van der Waals surface area contributed by atoms with Crippen LogP contribution in [0.3, 0.4) is 0 Å². The molecule has 0 spiro atoms. The Balaban J connectivity index is 1.63. The van der Waals surface area contributed by atoms with Crippen LogP contribution in [0.5, 0.6) is 0 Å². The van der Waals surface area contributed by atoms with Crippen molar-refractivity contribution in [1.82, 2.24) is 15.0 Å². The normalized spacial score (nSPS) is 11.2. The first-order valence-corrected chi connectivity index (χ1v) is 8.31. The molecule has 122 valence electrons. The largest absolute Gasteiger partial charge is 0.264 e. The number of benzene rings is 1. The maximum absolute atomic E-state index is 13.1. The van der Waals surface area contributed by atoms with E-state index in [1.54, 1.807) is 30.7 Å². The van der Waals surface area contributed by atoms with Gasteiger partial charge in [0.15, 0.2) is 5.82 Å². The summed E-state index contributed by atoms with van der Waals surface area (Å²) >= 11 is 1.53. The highest BCUT2D eigenvalue weighted by molar-refractivity contribution is 7.22. The lowest BCUT2D eigenvalue weighted by Crippen LogP contribution is -1.94. The van der Waals surface area contributed by atoms with Crippen molar-refractivity contribution in [2.75, 3.05) is 5.43 Å². The molecule has 3 heterocycles. The molecule has 0 radical (unpaired) electrons. The van der Waals surface area contributed by atoms with Crippen LogP contribution in [0.4, 0.5) is 10.2 Å². The first-order chi connectivity index (χ1) is 12.3.